The van der Waals surface area contributed by atoms with Crippen molar-refractivity contribution in [1.29, 1.82) is 0 Å². The van der Waals surface area contributed by atoms with Crippen molar-refractivity contribution in [2.45, 2.75) is 274 Å². The Bertz CT molecular complexity index is 897. The first-order chi connectivity index (χ1) is 27.7. The molecule has 1 amide bonds. The van der Waals surface area contributed by atoms with Crippen LogP contribution in [0.4, 0.5) is 0 Å². The van der Waals surface area contributed by atoms with Gasteiger partial charge in [-0.15, -0.1) is 0 Å². The third-order valence-corrected chi connectivity index (χ3v) is 11.9. The summed E-state index contributed by atoms with van der Waals surface area (Å²) < 4.78 is 11.0. The lowest BCUT2D eigenvalue weighted by molar-refractivity contribution is -0.303. The number of carbonyl (C=O) groups excluding carboxylic acids is 1. The van der Waals surface area contributed by atoms with Crippen molar-refractivity contribution in [2.75, 3.05) is 13.2 Å². The number of nitrogens with one attached hydrogen (secondary N) is 1. The van der Waals surface area contributed by atoms with E-state index in [1.165, 1.54) is 148 Å². The number of aliphatic hydroxyl groups is 7. The molecule has 0 aliphatic carbocycles. The molecule has 8 N–H and O–H groups in total. The number of unbranched alkanes of at least 4 members (excludes halogenated alkanes) is 28. The van der Waals surface area contributed by atoms with Crippen LogP contribution in [0.15, 0.2) is 0 Å². The summed E-state index contributed by atoms with van der Waals surface area (Å²) in [4.78, 5) is 12.9. The molecule has 11 heteroatoms. The van der Waals surface area contributed by atoms with Crippen molar-refractivity contribution in [3.8, 4) is 0 Å². The minimum absolute atomic E-state index is 0.265. The second kappa shape index (κ2) is 36.9. The predicted octanol–water partition coefficient (Wildman–Crippen LogP) is 7.89. The average Bonchev–Trinajstić information content (AvgIpc) is 3.21. The van der Waals surface area contributed by atoms with E-state index in [9.17, 15) is 40.5 Å². The van der Waals surface area contributed by atoms with Gasteiger partial charge >= 0.3 is 0 Å². The maximum Gasteiger partial charge on any atom is 0.249 e. The van der Waals surface area contributed by atoms with Crippen LogP contribution in [0.25, 0.3) is 0 Å². The summed E-state index contributed by atoms with van der Waals surface area (Å²) >= 11 is 0. The molecule has 0 aromatic rings. The molecule has 0 spiro atoms. The van der Waals surface area contributed by atoms with Crippen LogP contribution in [0, 0.1) is 0 Å². The van der Waals surface area contributed by atoms with E-state index in [2.05, 4.69) is 12.2 Å². The van der Waals surface area contributed by atoms with Gasteiger partial charge in [-0.2, -0.15) is 0 Å². The second-order valence-corrected chi connectivity index (χ2v) is 17.2. The third kappa shape index (κ3) is 26.8. The molecular formula is C46H91NO10. The highest BCUT2D eigenvalue weighted by Crippen LogP contribution is 2.23. The van der Waals surface area contributed by atoms with Gasteiger partial charge in [-0.25, -0.2) is 0 Å². The largest absolute Gasteiger partial charge is 0.394 e. The van der Waals surface area contributed by atoms with Crippen molar-refractivity contribution >= 4 is 5.91 Å². The molecule has 1 aliphatic rings. The quantitative estimate of drug-likeness (QED) is 0.0283. The van der Waals surface area contributed by atoms with Crippen LogP contribution in [-0.4, -0.2) is 110 Å². The Kier molecular flexibility index (Phi) is 35.1. The first kappa shape index (κ1) is 54.1. The molecule has 1 heterocycles. The van der Waals surface area contributed by atoms with Crippen molar-refractivity contribution in [3.05, 3.63) is 0 Å². The molecule has 1 saturated heterocycles. The van der Waals surface area contributed by atoms with Crippen LogP contribution in [0.5, 0.6) is 0 Å². The number of hydrogen-bond donors (Lipinski definition) is 8. The van der Waals surface area contributed by atoms with Crippen LogP contribution in [-0.2, 0) is 14.3 Å². The Morgan fingerprint density at radius 3 is 1.32 bits per heavy atom. The highest BCUT2D eigenvalue weighted by Gasteiger charge is 2.44. The molecule has 340 valence electrons. The van der Waals surface area contributed by atoms with Gasteiger partial charge in [-0.3, -0.25) is 4.79 Å². The molecular weight excluding hydrogens is 727 g/mol. The molecule has 9 unspecified atom stereocenters. The van der Waals surface area contributed by atoms with E-state index in [0.717, 1.165) is 32.1 Å². The molecule has 1 fully saturated rings. The standard InChI is InChI=1S/C46H91NO10/c1-3-5-7-8-9-10-11-12-13-14-15-16-17-18-19-20-21-22-23-24-25-26-27-28-29-30-32-34-39(50)45(55)47-37(41(51)38(49)33-31-6-4-2)36-56-46-44(54)43(53)42(52)40(35-48)57-46/h37-44,46,48-54H,3-36H2,1-2H3,(H,47,55). The zero-order chi connectivity index (χ0) is 41.9. The number of hydrogen-bond acceptors (Lipinski definition) is 10. The predicted molar refractivity (Wildman–Crippen MR) is 229 cm³/mol. The van der Waals surface area contributed by atoms with E-state index in [4.69, 9.17) is 9.47 Å². The molecule has 57 heavy (non-hydrogen) atoms. The monoisotopic (exact) mass is 818 g/mol. The molecule has 1 aliphatic heterocycles. The van der Waals surface area contributed by atoms with Crippen molar-refractivity contribution in [1.82, 2.24) is 5.32 Å². The van der Waals surface area contributed by atoms with Gasteiger partial charge in [0.05, 0.1) is 25.4 Å². The number of rotatable bonds is 40. The third-order valence-electron chi connectivity index (χ3n) is 11.9. The topological polar surface area (TPSA) is 189 Å². The Labute approximate surface area is 348 Å². The van der Waals surface area contributed by atoms with Crippen LogP contribution >= 0.6 is 0 Å². The van der Waals surface area contributed by atoms with Gasteiger partial charge in [0.25, 0.3) is 0 Å². The fourth-order valence-corrected chi connectivity index (χ4v) is 7.91. The van der Waals surface area contributed by atoms with E-state index in [-0.39, 0.29) is 6.42 Å². The zero-order valence-corrected chi connectivity index (χ0v) is 36.6. The van der Waals surface area contributed by atoms with E-state index in [1.54, 1.807) is 0 Å². The maximum atomic E-state index is 12.9. The molecule has 0 radical (unpaired) electrons. The summed E-state index contributed by atoms with van der Waals surface area (Å²) in [7, 11) is 0. The Balaban J connectivity index is 2.11. The number of ether oxygens (including phenoxy) is 2. The second-order valence-electron chi connectivity index (χ2n) is 17.2. The highest BCUT2D eigenvalue weighted by molar-refractivity contribution is 5.80. The fourth-order valence-electron chi connectivity index (χ4n) is 7.91. The van der Waals surface area contributed by atoms with Crippen LogP contribution in [0.2, 0.25) is 0 Å². The summed E-state index contributed by atoms with van der Waals surface area (Å²) in [6, 6.07) is -1.16. The van der Waals surface area contributed by atoms with Gasteiger partial charge < -0.3 is 50.5 Å². The SMILES string of the molecule is CCCCCCCCCCCCCCCCCCCCCCCCCCCCCC(O)C(=O)NC(COC1OC(CO)C(O)C(O)C1O)C(O)C(O)CCCCC. The zero-order valence-electron chi connectivity index (χ0n) is 36.6. The lowest BCUT2D eigenvalue weighted by atomic mass is 9.98. The van der Waals surface area contributed by atoms with Crippen LogP contribution in [0.3, 0.4) is 0 Å². The van der Waals surface area contributed by atoms with E-state index in [1.807, 2.05) is 6.92 Å². The van der Waals surface area contributed by atoms with Gasteiger partial charge in [0, 0.05) is 0 Å². The van der Waals surface area contributed by atoms with Crippen molar-refractivity contribution in [3.63, 3.8) is 0 Å². The minimum atomic E-state index is -1.65. The Morgan fingerprint density at radius 2 is 0.912 bits per heavy atom. The van der Waals surface area contributed by atoms with Gasteiger partial charge in [0.2, 0.25) is 5.91 Å². The lowest BCUT2D eigenvalue weighted by Gasteiger charge is -2.40. The van der Waals surface area contributed by atoms with Gasteiger partial charge in [0.15, 0.2) is 6.29 Å². The Morgan fingerprint density at radius 1 is 0.544 bits per heavy atom. The van der Waals surface area contributed by atoms with Crippen LogP contribution in [0.1, 0.15) is 219 Å². The molecule has 1 rings (SSSR count). The molecule has 0 aromatic heterocycles. The molecule has 0 bridgehead atoms. The molecule has 11 nitrogen and oxygen atoms in total. The van der Waals surface area contributed by atoms with Crippen molar-refractivity contribution in [2.24, 2.45) is 0 Å². The smallest absolute Gasteiger partial charge is 0.249 e. The lowest BCUT2D eigenvalue weighted by Crippen LogP contribution is -2.60. The van der Waals surface area contributed by atoms with E-state index >= 15 is 0 Å². The average molecular weight is 818 g/mol. The normalized spacial score (nSPS) is 22.0. The Hall–Kier alpha value is -0.890. The molecule has 0 saturated carbocycles. The minimum Gasteiger partial charge on any atom is -0.394 e. The first-order valence-corrected chi connectivity index (χ1v) is 23.9. The summed E-state index contributed by atoms with van der Waals surface area (Å²) in [6.07, 6.45) is 27.2. The molecule has 9 atom stereocenters. The van der Waals surface area contributed by atoms with Crippen LogP contribution < -0.4 is 5.32 Å². The van der Waals surface area contributed by atoms with Gasteiger partial charge in [-0.1, -0.05) is 206 Å². The van der Waals surface area contributed by atoms with Crippen molar-refractivity contribution < 1.29 is 50.0 Å². The van der Waals surface area contributed by atoms with Gasteiger partial charge in [-0.05, 0) is 12.8 Å². The summed E-state index contributed by atoms with van der Waals surface area (Å²) in [6.45, 7) is 3.25. The summed E-state index contributed by atoms with van der Waals surface area (Å²) in [5, 5.41) is 74.6. The van der Waals surface area contributed by atoms with E-state index in [0.29, 0.717) is 19.3 Å². The van der Waals surface area contributed by atoms with E-state index < -0.39 is 74.2 Å². The van der Waals surface area contributed by atoms with Gasteiger partial charge in [0.1, 0.15) is 36.6 Å². The fraction of sp³-hybridized carbons (Fsp3) is 0.978. The first-order valence-electron chi connectivity index (χ1n) is 23.9. The highest BCUT2D eigenvalue weighted by atomic mass is 16.7. The summed E-state index contributed by atoms with van der Waals surface area (Å²) in [5.74, 6) is -0.702. The molecule has 0 aromatic carbocycles. The number of carbonyl (C=O) groups is 1. The number of amides is 1. The number of aliphatic hydroxyl groups excluding tert-OH is 7. The summed E-state index contributed by atoms with van der Waals surface area (Å²) in [5.41, 5.74) is 0. The maximum absolute atomic E-state index is 12.9.